The summed E-state index contributed by atoms with van der Waals surface area (Å²) in [5, 5.41) is 0. The molecule has 1 spiro atoms. The zero-order chi connectivity index (χ0) is 18.6. The Morgan fingerprint density at radius 2 is 2.00 bits per heavy atom. The molecule has 0 unspecified atom stereocenters. The van der Waals surface area contributed by atoms with Gasteiger partial charge in [-0.15, -0.1) is 0 Å². The lowest BCUT2D eigenvalue weighted by Crippen LogP contribution is -2.48. The van der Waals surface area contributed by atoms with Gasteiger partial charge in [0.1, 0.15) is 0 Å². The van der Waals surface area contributed by atoms with Crippen molar-refractivity contribution in [2.24, 2.45) is 0 Å². The molecule has 2 saturated heterocycles. The standard InChI is InChI=1S/C24H31NO2/c1-20-7-6-9-21(17-20)8-2-4-11-23(22-10-3-5-14-25-22)12-16-27-24(18-23)13-15-26-19-24/h3,5-7,9-10,14,17H,2,4,8,11-13,15-16,18-19H2,1H3/t23-,24-/m1/s1. The molecule has 0 radical (unpaired) electrons. The summed E-state index contributed by atoms with van der Waals surface area (Å²) < 4.78 is 12.0. The fraction of sp³-hybridized carbons (Fsp3) is 0.542. The molecule has 1 aromatic heterocycles. The van der Waals surface area contributed by atoms with Gasteiger partial charge in [0.05, 0.1) is 12.2 Å². The summed E-state index contributed by atoms with van der Waals surface area (Å²) in [5.41, 5.74) is 4.08. The maximum atomic E-state index is 6.24. The van der Waals surface area contributed by atoms with Crippen LogP contribution in [0.1, 0.15) is 55.3 Å². The molecule has 2 aromatic rings. The van der Waals surface area contributed by atoms with Crippen LogP contribution in [0.15, 0.2) is 48.7 Å². The second kappa shape index (κ2) is 8.12. The summed E-state index contributed by atoms with van der Waals surface area (Å²) in [6, 6.07) is 15.3. The molecule has 0 bridgehead atoms. The minimum absolute atomic E-state index is 0.0910. The molecule has 1 aromatic carbocycles. The predicted octanol–water partition coefficient (Wildman–Crippen LogP) is 5.01. The van der Waals surface area contributed by atoms with Gasteiger partial charge in [0.25, 0.3) is 0 Å². The number of nitrogens with zero attached hydrogens (tertiary/aromatic N) is 1. The monoisotopic (exact) mass is 365 g/mol. The Kier molecular flexibility index (Phi) is 5.60. The summed E-state index contributed by atoms with van der Waals surface area (Å²) in [6.45, 7) is 4.55. The van der Waals surface area contributed by atoms with E-state index in [4.69, 9.17) is 14.5 Å². The third kappa shape index (κ3) is 4.25. The molecule has 0 aliphatic carbocycles. The zero-order valence-electron chi connectivity index (χ0n) is 16.5. The summed E-state index contributed by atoms with van der Waals surface area (Å²) >= 11 is 0. The van der Waals surface area contributed by atoms with E-state index in [0.717, 1.165) is 45.5 Å². The first kappa shape index (κ1) is 18.6. The Morgan fingerprint density at radius 3 is 2.78 bits per heavy atom. The fourth-order valence-electron chi connectivity index (χ4n) is 4.96. The molecule has 0 N–H and O–H groups in total. The van der Waals surface area contributed by atoms with E-state index in [0.29, 0.717) is 0 Å². The molecule has 3 nitrogen and oxygen atoms in total. The lowest BCUT2D eigenvalue weighted by atomic mass is 9.67. The molecule has 3 heterocycles. The normalized spacial score (nSPS) is 27.9. The Labute approximate surface area is 163 Å². The summed E-state index contributed by atoms with van der Waals surface area (Å²) in [6.07, 6.45) is 9.86. The first-order chi connectivity index (χ1) is 13.2. The number of aromatic nitrogens is 1. The van der Waals surface area contributed by atoms with Crippen molar-refractivity contribution in [1.29, 1.82) is 0 Å². The van der Waals surface area contributed by atoms with Gasteiger partial charge in [-0.25, -0.2) is 0 Å². The van der Waals surface area contributed by atoms with Crippen molar-refractivity contribution in [2.75, 3.05) is 19.8 Å². The van der Waals surface area contributed by atoms with Crippen molar-refractivity contribution in [2.45, 2.75) is 62.9 Å². The average molecular weight is 366 g/mol. The van der Waals surface area contributed by atoms with Gasteiger partial charge in [-0.3, -0.25) is 4.98 Å². The SMILES string of the molecule is Cc1cccc(CCCC[C@@]2(c3ccccn3)CCO[C@]3(CCOC3)C2)c1. The van der Waals surface area contributed by atoms with Crippen LogP contribution in [-0.2, 0) is 21.3 Å². The highest BCUT2D eigenvalue weighted by atomic mass is 16.6. The van der Waals surface area contributed by atoms with Crippen LogP contribution >= 0.6 is 0 Å². The molecule has 2 aliphatic rings. The number of ether oxygens (including phenoxy) is 2. The van der Waals surface area contributed by atoms with Crippen LogP contribution in [0.4, 0.5) is 0 Å². The lowest BCUT2D eigenvalue weighted by Gasteiger charge is -2.45. The van der Waals surface area contributed by atoms with Gasteiger partial charge in [0.15, 0.2) is 0 Å². The van der Waals surface area contributed by atoms with E-state index >= 15 is 0 Å². The maximum absolute atomic E-state index is 6.24. The van der Waals surface area contributed by atoms with Crippen LogP contribution in [-0.4, -0.2) is 30.4 Å². The van der Waals surface area contributed by atoms with Crippen LogP contribution in [0, 0.1) is 6.92 Å². The second-order valence-electron chi connectivity index (χ2n) is 8.45. The predicted molar refractivity (Wildman–Crippen MR) is 108 cm³/mol. The van der Waals surface area contributed by atoms with E-state index in [1.807, 2.05) is 12.3 Å². The van der Waals surface area contributed by atoms with E-state index in [-0.39, 0.29) is 11.0 Å². The molecule has 2 aliphatic heterocycles. The van der Waals surface area contributed by atoms with E-state index in [1.165, 1.54) is 36.1 Å². The van der Waals surface area contributed by atoms with Gasteiger partial charge in [0.2, 0.25) is 0 Å². The maximum Gasteiger partial charge on any atom is 0.0945 e. The van der Waals surface area contributed by atoms with Gasteiger partial charge in [-0.2, -0.15) is 0 Å². The Hall–Kier alpha value is -1.71. The van der Waals surface area contributed by atoms with Crippen molar-refractivity contribution in [1.82, 2.24) is 4.98 Å². The molecule has 27 heavy (non-hydrogen) atoms. The molecule has 0 saturated carbocycles. The van der Waals surface area contributed by atoms with Gasteiger partial charge < -0.3 is 9.47 Å². The van der Waals surface area contributed by atoms with Crippen LogP contribution in [0.5, 0.6) is 0 Å². The molecular formula is C24H31NO2. The van der Waals surface area contributed by atoms with Crippen molar-refractivity contribution >= 4 is 0 Å². The lowest BCUT2D eigenvalue weighted by molar-refractivity contribution is -0.109. The topological polar surface area (TPSA) is 31.4 Å². The van der Waals surface area contributed by atoms with Gasteiger partial charge >= 0.3 is 0 Å². The molecule has 0 amide bonds. The van der Waals surface area contributed by atoms with Gasteiger partial charge in [-0.05, 0) is 56.7 Å². The molecule has 4 rings (SSSR count). The number of aryl methyl sites for hydroxylation is 2. The van der Waals surface area contributed by atoms with Crippen LogP contribution in [0.3, 0.4) is 0 Å². The van der Waals surface area contributed by atoms with Crippen LogP contribution in [0.2, 0.25) is 0 Å². The van der Waals surface area contributed by atoms with Gasteiger partial charge in [-0.1, -0.05) is 42.3 Å². The summed E-state index contributed by atoms with van der Waals surface area (Å²) in [7, 11) is 0. The Morgan fingerprint density at radius 1 is 1.04 bits per heavy atom. The van der Waals surface area contributed by atoms with Crippen LogP contribution < -0.4 is 0 Å². The smallest absolute Gasteiger partial charge is 0.0945 e. The zero-order valence-corrected chi connectivity index (χ0v) is 16.5. The quantitative estimate of drug-likeness (QED) is 0.674. The number of hydrogen-bond donors (Lipinski definition) is 0. The summed E-state index contributed by atoms with van der Waals surface area (Å²) in [4.78, 5) is 4.78. The molecule has 2 atom stereocenters. The number of benzene rings is 1. The highest BCUT2D eigenvalue weighted by Gasteiger charge is 2.49. The molecule has 3 heteroatoms. The van der Waals surface area contributed by atoms with Gasteiger partial charge in [0, 0.05) is 36.9 Å². The number of unbranched alkanes of at least 4 members (excludes halogenated alkanes) is 1. The highest BCUT2D eigenvalue weighted by molar-refractivity contribution is 5.23. The first-order valence-corrected chi connectivity index (χ1v) is 10.4. The minimum atomic E-state index is -0.0910. The minimum Gasteiger partial charge on any atom is -0.378 e. The molecular weight excluding hydrogens is 334 g/mol. The van der Waals surface area contributed by atoms with E-state index in [9.17, 15) is 0 Å². The van der Waals surface area contributed by atoms with Crippen molar-refractivity contribution in [3.63, 3.8) is 0 Å². The number of pyridine rings is 1. The summed E-state index contributed by atoms with van der Waals surface area (Å²) in [5.74, 6) is 0. The van der Waals surface area contributed by atoms with E-state index in [2.05, 4.69) is 43.3 Å². The van der Waals surface area contributed by atoms with Crippen LogP contribution in [0.25, 0.3) is 0 Å². The molecule has 144 valence electrons. The molecule has 2 fully saturated rings. The average Bonchev–Trinajstić information content (AvgIpc) is 3.13. The highest BCUT2D eigenvalue weighted by Crippen LogP contribution is 2.47. The van der Waals surface area contributed by atoms with Crippen molar-refractivity contribution in [3.8, 4) is 0 Å². The van der Waals surface area contributed by atoms with Crippen molar-refractivity contribution in [3.05, 3.63) is 65.5 Å². The Balaban J connectivity index is 1.45. The first-order valence-electron chi connectivity index (χ1n) is 10.4. The Bertz CT molecular complexity index is 739. The third-order valence-corrected chi connectivity index (χ3v) is 6.38. The third-order valence-electron chi connectivity index (χ3n) is 6.38. The number of rotatable bonds is 6. The second-order valence-corrected chi connectivity index (χ2v) is 8.45. The fourth-order valence-corrected chi connectivity index (χ4v) is 4.96. The van der Waals surface area contributed by atoms with Crippen molar-refractivity contribution < 1.29 is 9.47 Å². The van der Waals surface area contributed by atoms with E-state index in [1.54, 1.807) is 0 Å². The number of hydrogen-bond acceptors (Lipinski definition) is 3. The largest absolute Gasteiger partial charge is 0.378 e. The van der Waals surface area contributed by atoms with E-state index < -0.39 is 0 Å².